The largest absolute Gasteiger partial charge is 0.351 e. The van der Waals surface area contributed by atoms with Crippen LogP contribution in [0.25, 0.3) is 0 Å². The number of allylic oxidation sites excluding steroid dienone is 4. The zero-order chi connectivity index (χ0) is 14.1. The van der Waals surface area contributed by atoms with Crippen LogP contribution in [0, 0.1) is 5.92 Å². The molecule has 1 aliphatic carbocycles. The molecule has 0 aromatic carbocycles. The summed E-state index contributed by atoms with van der Waals surface area (Å²) in [5.41, 5.74) is 1.08. The predicted molar refractivity (Wildman–Crippen MR) is 78.2 cm³/mol. The van der Waals surface area contributed by atoms with Crippen molar-refractivity contribution in [1.82, 2.24) is 5.32 Å². The lowest BCUT2D eigenvalue weighted by Crippen LogP contribution is -2.43. The molecule has 0 bridgehead atoms. The second-order valence-corrected chi connectivity index (χ2v) is 7.34. The maximum absolute atomic E-state index is 12.8. The molecule has 0 aromatic rings. The Morgan fingerprint density at radius 1 is 1.42 bits per heavy atom. The molecule has 2 unspecified atom stereocenters. The summed E-state index contributed by atoms with van der Waals surface area (Å²) < 4.78 is 24.7. The highest BCUT2D eigenvalue weighted by Crippen LogP contribution is 2.37. The van der Waals surface area contributed by atoms with Crippen LogP contribution in [0.5, 0.6) is 0 Å². The van der Waals surface area contributed by atoms with Crippen LogP contribution in [0.15, 0.2) is 52.3 Å². The molecule has 102 valence electrons. The van der Waals surface area contributed by atoms with Crippen molar-refractivity contribution in [3.05, 3.63) is 47.3 Å². The summed E-state index contributed by atoms with van der Waals surface area (Å²) in [4.78, 5) is 3.93. The molecule has 19 heavy (non-hydrogen) atoms. The Balaban J connectivity index is 2.46. The molecule has 0 fully saturated rings. The van der Waals surface area contributed by atoms with Gasteiger partial charge in [-0.3, -0.25) is 4.99 Å². The Bertz CT molecular complexity index is 624. The summed E-state index contributed by atoms with van der Waals surface area (Å²) in [5, 5.41) is 2.92. The fourth-order valence-corrected chi connectivity index (χ4v) is 3.85. The topological polar surface area (TPSA) is 58.5 Å². The van der Waals surface area contributed by atoms with E-state index in [9.17, 15) is 8.42 Å². The van der Waals surface area contributed by atoms with Gasteiger partial charge in [-0.1, -0.05) is 30.7 Å². The standard InChI is InChI=1S/C14H18N2O2S/c1-11-5-6-14(3,12(2)9-11)19(17,18)13-10-15-7-4-8-16-13/h4-10,12,16H,1-3H3. The molecule has 2 aliphatic rings. The third kappa shape index (κ3) is 2.30. The molecular weight excluding hydrogens is 260 g/mol. The van der Waals surface area contributed by atoms with Crippen LogP contribution in [0.2, 0.25) is 0 Å². The van der Waals surface area contributed by atoms with E-state index >= 15 is 0 Å². The first-order valence-electron chi connectivity index (χ1n) is 6.15. The number of rotatable bonds is 2. The molecule has 0 spiro atoms. The number of nitrogens with one attached hydrogen (secondary N) is 1. The van der Waals surface area contributed by atoms with E-state index in [0.29, 0.717) is 0 Å². The van der Waals surface area contributed by atoms with Crippen molar-refractivity contribution >= 4 is 16.1 Å². The first-order valence-corrected chi connectivity index (χ1v) is 7.63. The van der Waals surface area contributed by atoms with Crippen LogP contribution in [-0.4, -0.2) is 19.4 Å². The van der Waals surface area contributed by atoms with Gasteiger partial charge >= 0.3 is 0 Å². The van der Waals surface area contributed by atoms with E-state index < -0.39 is 14.6 Å². The second kappa shape index (κ2) is 4.81. The van der Waals surface area contributed by atoms with Gasteiger partial charge in [0.25, 0.3) is 0 Å². The van der Waals surface area contributed by atoms with Crippen LogP contribution >= 0.6 is 0 Å². The van der Waals surface area contributed by atoms with Crippen molar-refractivity contribution < 1.29 is 8.42 Å². The van der Waals surface area contributed by atoms with Gasteiger partial charge in [0, 0.05) is 12.4 Å². The van der Waals surface area contributed by atoms with Gasteiger partial charge in [0.15, 0.2) is 5.03 Å². The average molecular weight is 278 g/mol. The number of nitrogens with zero attached hydrogens (tertiary/aromatic N) is 1. The second-order valence-electron chi connectivity index (χ2n) is 5.01. The minimum Gasteiger partial charge on any atom is -0.351 e. The van der Waals surface area contributed by atoms with Crippen LogP contribution in [0.1, 0.15) is 20.8 Å². The van der Waals surface area contributed by atoms with Gasteiger partial charge in [0.05, 0.1) is 10.9 Å². The zero-order valence-electron chi connectivity index (χ0n) is 11.3. The SMILES string of the molecule is CC1=CC(C)C(C)(S(=O)(=O)C2=CN=CC=CN2)C=C1. The van der Waals surface area contributed by atoms with Crippen molar-refractivity contribution in [3.8, 4) is 0 Å². The molecule has 0 aromatic heterocycles. The maximum Gasteiger partial charge on any atom is 0.204 e. The first-order chi connectivity index (χ1) is 8.88. The van der Waals surface area contributed by atoms with Crippen molar-refractivity contribution in [3.63, 3.8) is 0 Å². The van der Waals surface area contributed by atoms with Crippen molar-refractivity contribution in [2.75, 3.05) is 0 Å². The minimum atomic E-state index is -3.53. The number of hydrogen-bond acceptors (Lipinski definition) is 4. The number of sulfone groups is 1. The Labute approximate surface area is 114 Å². The van der Waals surface area contributed by atoms with Gasteiger partial charge in [-0.25, -0.2) is 8.42 Å². The van der Waals surface area contributed by atoms with Gasteiger partial charge in [0.1, 0.15) is 0 Å². The zero-order valence-corrected chi connectivity index (χ0v) is 12.1. The van der Waals surface area contributed by atoms with E-state index in [2.05, 4.69) is 10.3 Å². The summed E-state index contributed by atoms with van der Waals surface area (Å²) in [7, 11) is -3.53. The molecular formula is C14H18N2O2S. The molecule has 1 N–H and O–H groups in total. The summed E-state index contributed by atoms with van der Waals surface area (Å²) in [6.07, 6.45) is 11.7. The van der Waals surface area contributed by atoms with Crippen molar-refractivity contribution in [2.45, 2.75) is 25.5 Å². The molecule has 0 saturated carbocycles. The fourth-order valence-electron chi connectivity index (χ4n) is 2.15. The molecule has 2 atom stereocenters. The van der Waals surface area contributed by atoms with Gasteiger partial charge in [-0.15, -0.1) is 0 Å². The summed E-state index contributed by atoms with van der Waals surface area (Å²) in [6, 6.07) is 0. The predicted octanol–water partition coefficient (Wildman–Crippen LogP) is 2.30. The Hall–Kier alpha value is -1.62. The first kappa shape index (κ1) is 13.8. The number of hydrogen-bond donors (Lipinski definition) is 1. The van der Waals surface area contributed by atoms with Gasteiger partial charge in [0.2, 0.25) is 9.84 Å². The van der Waals surface area contributed by atoms with Crippen molar-refractivity contribution in [2.24, 2.45) is 10.9 Å². The monoisotopic (exact) mass is 278 g/mol. The highest BCUT2D eigenvalue weighted by atomic mass is 32.2. The molecule has 1 heterocycles. The molecule has 4 nitrogen and oxygen atoms in total. The van der Waals surface area contributed by atoms with Crippen LogP contribution < -0.4 is 5.32 Å². The van der Waals surface area contributed by atoms with Crippen LogP contribution in [-0.2, 0) is 9.84 Å². The Kier molecular flexibility index (Phi) is 3.49. The molecule has 1 aliphatic heterocycles. The minimum absolute atomic E-state index is 0.0959. The number of aliphatic imine (C=N–C) groups is 1. The van der Waals surface area contributed by atoms with Gasteiger partial charge < -0.3 is 5.32 Å². The van der Waals surface area contributed by atoms with Crippen molar-refractivity contribution in [1.29, 1.82) is 0 Å². The molecule has 0 amide bonds. The Morgan fingerprint density at radius 3 is 2.84 bits per heavy atom. The maximum atomic E-state index is 12.8. The lowest BCUT2D eigenvalue weighted by Gasteiger charge is -2.33. The summed E-state index contributed by atoms with van der Waals surface area (Å²) in [5.74, 6) is -0.0959. The normalized spacial score (nSPS) is 30.4. The molecule has 0 radical (unpaired) electrons. The van der Waals surface area contributed by atoms with E-state index in [1.54, 1.807) is 31.5 Å². The molecule has 0 saturated heterocycles. The quantitative estimate of drug-likeness (QED) is 0.843. The van der Waals surface area contributed by atoms with Crippen LogP contribution in [0.3, 0.4) is 0 Å². The third-order valence-electron chi connectivity index (χ3n) is 3.65. The lowest BCUT2D eigenvalue weighted by atomic mass is 9.88. The third-order valence-corrected chi connectivity index (χ3v) is 6.12. The van der Waals surface area contributed by atoms with Gasteiger partial charge in [-0.05, 0) is 25.8 Å². The highest BCUT2D eigenvalue weighted by Gasteiger charge is 2.44. The summed E-state index contributed by atoms with van der Waals surface area (Å²) >= 11 is 0. The summed E-state index contributed by atoms with van der Waals surface area (Å²) in [6.45, 7) is 5.63. The van der Waals surface area contributed by atoms with E-state index in [4.69, 9.17) is 0 Å². The molecule has 5 heteroatoms. The van der Waals surface area contributed by atoms with E-state index in [1.807, 2.05) is 26.0 Å². The Morgan fingerprint density at radius 2 is 2.16 bits per heavy atom. The van der Waals surface area contributed by atoms with E-state index in [1.165, 1.54) is 6.20 Å². The lowest BCUT2D eigenvalue weighted by molar-refractivity contribution is 0.515. The highest BCUT2D eigenvalue weighted by molar-refractivity contribution is 7.96. The van der Waals surface area contributed by atoms with Crippen LogP contribution in [0.4, 0.5) is 0 Å². The smallest absolute Gasteiger partial charge is 0.204 e. The van der Waals surface area contributed by atoms with E-state index in [0.717, 1.165) is 5.57 Å². The van der Waals surface area contributed by atoms with Gasteiger partial charge in [-0.2, -0.15) is 0 Å². The van der Waals surface area contributed by atoms with E-state index in [-0.39, 0.29) is 10.9 Å². The average Bonchev–Trinajstić information content (AvgIpc) is 2.63. The molecule has 2 rings (SSSR count). The fraction of sp³-hybridized carbons (Fsp3) is 0.357.